The minimum Gasteiger partial charge on any atom is -0.508 e. The van der Waals surface area contributed by atoms with Crippen LogP contribution in [0.25, 0.3) is 0 Å². The molecule has 0 saturated heterocycles. The van der Waals surface area contributed by atoms with Gasteiger partial charge in [0.15, 0.2) is 0 Å². The number of fused-ring (bicyclic) bond motifs is 1. The molecule has 21 heavy (non-hydrogen) atoms. The van der Waals surface area contributed by atoms with Crippen molar-refractivity contribution >= 4 is 12.4 Å². The fraction of sp³-hybridized carbons (Fsp3) is 0.333. The Bertz CT molecular complexity index is 598. The summed E-state index contributed by atoms with van der Waals surface area (Å²) in [5.41, 5.74) is 5.08. The number of aromatic hydroxyl groups is 1. The van der Waals surface area contributed by atoms with Crippen molar-refractivity contribution in [1.29, 1.82) is 0 Å². The van der Waals surface area contributed by atoms with Gasteiger partial charge in [0.05, 0.1) is 0 Å². The van der Waals surface area contributed by atoms with Gasteiger partial charge in [0, 0.05) is 18.5 Å². The van der Waals surface area contributed by atoms with Gasteiger partial charge in [-0.15, -0.1) is 12.4 Å². The summed E-state index contributed by atoms with van der Waals surface area (Å²) in [7, 11) is 0. The van der Waals surface area contributed by atoms with E-state index in [4.69, 9.17) is 0 Å². The minimum atomic E-state index is 0. The van der Waals surface area contributed by atoms with Crippen molar-refractivity contribution < 1.29 is 5.11 Å². The molecule has 0 amide bonds. The Hall–Kier alpha value is -1.51. The number of phenols is 1. The molecule has 112 valence electrons. The van der Waals surface area contributed by atoms with Crippen molar-refractivity contribution in [2.45, 2.75) is 25.7 Å². The van der Waals surface area contributed by atoms with E-state index in [-0.39, 0.29) is 12.4 Å². The number of halogens is 1. The molecule has 1 atom stereocenters. The summed E-state index contributed by atoms with van der Waals surface area (Å²) in [5, 5.41) is 13.8. The Balaban J connectivity index is 0.00000161. The van der Waals surface area contributed by atoms with Gasteiger partial charge in [0.25, 0.3) is 0 Å². The predicted molar refractivity (Wildman–Crippen MR) is 89.6 cm³/mol. The van der Waals surface area contributed by atoms with E-state index in [1.165, 1.54) is 16.7 Å². The summed E-state index contributed by atoms with van der Waals surface area (Å²) in [5.74, 6) is 0.935. The lowest BCUT2D eigenvalue weighted by atomic mass is 9.88. The van der Waals surface area contributed by atoms with Crippen LogP contribution in [0.15, 0.2) is 42.5 Å². The molecule has 2 aromatic rings. The molecular formula is C18H22ClNO. The second-order valence-corrected chi connectivity index (χ2v) is 5.65. The SMILES string of the molecule is CC1CNCCc2c1ccc(O)c2Cc1ccccc1.Cl. The summed E-state index contributed by atoms with van der Waals surface area (Å²) in [4.78, 5) is 0. The average Bonchev–Trinajstić information content (AvgIpc) is 2.65. The maximum absolute atomic E-state index is 10.3. The zero-order valence-electron chi connectivity index (χ0n) is 12.3. The van der Waals surface area contributed by atoms with E-state index < -0.39 is 0 Å². The minimum absolute atomic E-state index is 0. The Labute approximate surface area is 132 Å². The molecule has 0 saturated carbocycles. The normalized spacial score (nSPS) is 17.5. The van der Waals surface area contributed by atoms with Crippen molar-refractivity contribution in [3.05, 3.63) is 64.7 Å². The average molecular weight is 304 g/mol. The molecule has 0 fully saturated rings. The summed E-state index contributed by atoms with van der Waals surface area (Å²) in [6.07, 6.45) is 1.80. The van der Waals surface area contributed by atoms with Crippen molar-refractivity contribution in [2.24, 2.45) is 0 Å². The first kappa shape index (κ1) is 15.9. The Morgan fingerprint density at radius 1 is 1.14 bits per heavy atom. The first-order valence-electron chi connectivity index (χ1n) is 7.34. The first-order valence-corrected chi connectivity index (χ1v) is 7.34. The maximum Gasteiger partial charge on any atom is 0.119 e. The molecule has 1 heterocycles. The van der Waals surface area contributed by atoms with Gasteiger partial charge in [-0.3, -0.25) is 0 Å². The number of nitrogens with one attached hydrogen (secondary N) is 1. The molecule has 0 spiro atoms. The molecule has 3 rings (SSSR count). The third-order valence-corrected chi connectivity index (χ3v) is 4.20. The largest absolute Gasteiger partial charge is 0.508 e. The van der Waals surface area contributed by atoms with Crippen molar-refractivity contribution in [2.75, 3.05) is 13.1 Å². The molecule has 0 radical (unpaired) electrons. The quantitative estimate of drug-likeness (QED) is 0.887. The second-order valence-electron chi connectivity index (χ2n) is 5.65. The van der Waals surface area contributed by atoms with Crippen LogP contribution in [0.4, 0.5) is 0 Å². The lowest BCUT2D eigenvalue weighted by Crippen LogP contribution is -2.18. The summed E-state index contributed by atoms with van der Waals surface area (Å²) < 4.78 is 0. The van der Waals surface area contributed by atoms with Crippen molar-refractivity contribution in [3.8, 4) is 5.75 Å². The molecular weight excluding hydrogens is 282 g/mol. The molecule has 1 unspecified atom stereocenters. The van der Waals surface area contributed by atoms with Crippen LogP contribution in [-0.2, 0) is 12.8 Å². The molecule has 2 aromatic carbocycles. The third-order valence-electron chi connectivity index (χ3n) is 4.20. The van der Waals surface area contributed by atoms with Crippen molar-refractivity contribution in [3.63, 3.8) is 0 Å². The Morgan fingerprint density at radius 2 is 1.90 bits per heavy atom. The van der Waals surface area contributed by atoms with Crippen LogP contribution in [-0.4, -0.2) is 18.2 Å². The zero-order valence-corrected chi connectivity index (χ0v) is 13.1. The molecule has 1 aliphatic rings. The smallest absolute Gasteiger partial charge is 0.119 e. The molecule has 0 bridgehead atoms. The molecule has 3 heteroatoms. The summed E-state index contributed by atoms with van der Waals surface area (Å²) in [6.45, 7) is 4.26. The van der Waals surface area contributed by atoms with Gasteiger partial charge in [-0.05, 0) is 41.6 Å². The second kappa shape index (κ2) is 6.97. The van der Waals surface area contributed by atoms with Crippen LogP contribution in [0, 0.1) is 0 Å². The number of benzene rings is 2. The van der Waals surface area contributed by atoms with Gasteiger partial charge in [-0.25, -0.2) is 0 Å². The number of phenolic OH excluding ortho intramolecular Hbond substituents is 1. The van der Waals surface area contributed by atoms with Gasteiger partial charge >= 0.3 is 0 Å². The molecule has 2 N–H and O–H groups in total. The molecule has 2 nitrogen and oxygen atoms in total. The van der Waals surface area contributed by atoms with E-state index in [1.54, 1.807) is 0 Å². The maximum atomic E-state index is 10.3. The predicted octanol–water partition coefficient (Wildman–Crippen LogP) is 3.65. The van der Waals surface area contributed by atoms with Crippen LogP contribution < -0.4 is 5.32 Å². The van der Waals surface area contributed by atoms with Crippen LogP contribution in [0.3, 0.4) is 0 Å². The standard InChI is InChI=1S/C18H21NO.ClH/c1-13-12-19-10-9-16-15(13)7-8-18(20)17(16)11-14-5-3-2-4-6-14;/h2-8,13,19-20H,9-12H2,1H3;1H. The lowest BCUT2D eigenvalue weighted by Gasteiger charge is -2.17. The van der Waals surface area contributed by atoms with Gasteiger partial charge < -0.3 is 10.4 Å². The van der Waals surface area contributed by atoms with Gasteiger partial charge in [-0.2, -0.15) is 0 Å². The van der Waals surface area contributed by atoms with E-state index in [0.29, 0.717) is 11.7 Å². The van der Waals surface area contributed by atoms with E-state index in [1.807, 2.05) is 12.1 Å². The van der Waals surface area contributed by atoms with E-state index in [2.05, 4.69) is 42.6 Å². The Morgan fingerprint density at radius 3 is 2.67 bits per heavy atom. The third kappa shape index (κ3) is 3.39. The zero-order chi connectivity index (χ0) is 13.9. The highest BCUT2D eigenvalue weighted by atomic mass is 35.5. The van der Waals surface area contributed by atoms with Crippen LogP contribution in [0.5, 0.6) is 5.75 Å². The van der Waals surface area contributed by atoms with Crippen LogP contribution in [0.1, 0.15) is 35.1 Å². The van der Waals surface area contributed by atoms with Gasteiger partial charge in [0.2, 0.25) is 0 Å². The number of rotatable bonds is 2. The number of hydrogen-bond acceptors (Lipinski definition) is 2. The van der Waals surface area contributed by atoms with Gasteiger partial charge in [0.1, 0.15) is 5.75 Å². The summed E-state index contributed by atoms with van der Waals surface area (Å²) >= 11 is 0. The van der Waals surface area contributed by atoms with Gasteiger partial charge in [-0.1, -0.05) is 43.3 Å². The van der Waals surface area contributed by atoms with Crippen LogP contribution in [0.2, 0.25) is 0 Å². The summed E-state index contributed by atoms with van der Waals surface area (Å²) in [6, 6.07) is 14.3. The lowest BCUT2D eigenvalue weighted by molar-refractivity contribution is 0.468. The molecule has 0 aliphatic carbocycles. The fourth-order valence-electron chi connectivity index (χ4n) is 3.09. The Kier molecular flexibility index (Phi) is 5.27. The van der Waals surface area contributed by atoms with E-state index in [9.17, 15) is 5.11 Å². The highest BCUT2D eigenvalue weighted by Gasteiger charge is 2.19. The highest BCUT2D eigenvalue weighted by Crippen LogP contribution is 2.32. The van der Waals surface area contributed by atoms with Crippen molar-refractivity contribution in [1.82, 2.24) is 5.32 Å². The monoisotopic (exact) mass is 303 g/mol. The molecule has 1 aliphatic heterocycles. The van der Waals surface area contributed by atoms with Crippen LogP contribution >= 0.6 is 12.4 Å². The number of hydrogen-bond donors (Lipinski definition) is 2. The highest BCUT2D eigenvalue weighted by molar-refractivity contribution is 5.85. The topological polar surface area (TPSA) is 32.3 Å². The van der Waals surface area contributed by atoms with E-state index >= 15 is 0 Å². The molecule has 0 aromatic heterocycles. The fourth-order valence-corrected chi connectivity index (χ4v) is 3.09. The van der Waals surface area contributed by atoms with E-state index in [0.717, 1.165) is 31.5 Å². The first-order chi connectivity index (χ1) is 9.75.